The van der Waals surface area contributed by atoms with Crippen LogP contribution < -0.4 is 0 Å². The molecule has 2 rings (SSSR count). The van der Waals surface area contributed by atoms with Gasteiger partial charge in [-0.1, -0.05) is 23.2 Å². The van der Waals surface area contributed by atoms with Crippen molar-refractivity contribution in [2.75, 3.05) is 0 Å². The molecule has 4 heteroatoms. The molecule has 15 heavy (non-hydrogen) atoms. The minimum Gasteiger partial charge on any atom is -0.390 e. The summed E-state index contributed by atoms with van der Waals surface area (Å²) in [6.07, 6.45) is 0. The summed E-state index contributed by atoms with van der Waals surface area (Å²) in [5.74, 6) is 0. The third kappa shape index (κ3) is 1.81. The molecule has 0 atom stereocenters. The number of aryl methyl sites for hydroxylation is 1. The van der Waals surface area contributed by atoms with E-state index in [1.165, 1.54) is 0 Å². The molecule has 0 fully saturated rings. The summed E-state index contributed by atoms with van der Waals surface area (Å²) in [6.45, 7) is 1.82. The molecular formula is C11H9Cl2NO. The van der Waals surface area contributed by atoms with Gasteiger partial charge in [-0.05, 0) is 30.7 Å². The van der Waals surface area contributed by atoms with Crippen molar-refractivity contribution >= 4 is 34.1 Å². The van der Waals surface area contributed by atoms with Crippen LogP contribution in [-0.2, 0) is 6.61 Å². The van der Waals surface area contributed by atoms with Gasteiger partial charge in [0.2, 0.25) is 0 Å². The Hall–Kier alpha value is -0.830. The van der Waals surface area contributed by atoms with E-state index in [9.17, 15) is 0 Å². The predicted molar refractivity (Wildman–Crippen MR) is 62.4 cm³/mol. The quantitative estimate of drug-likeness (QED) is 0.831. The standard InChI is InChI=1S/C11H9Cl2NO/c1-6-4-7(5-15)14-11-9(13)3-2-8(12)10(6)11/h2-4,15H,5H2,1H3. The van der Waals surface area contributed by atoms with Gasteiger partial charge in [0.05, 0.1) is 27.9 Å². The summed E-state index contributed by atoms with van der Waals surface area (Å²) < 4.78 is 0. The van der Waals surface area contributed by atoms with E-state index in [1.807, 2.05) is 13.0 Å². The minimum atomic E-state index is -0.0976. The maximum atomic E-state index is 9.04. The van der Waals surface area contributed by atoms with E-state index in [0.29, 0.717) is 21.3 Å². The van der Waals surface area contributed by atoms with Crippen molar-refractivity contribution in [3.63, 3.8) is 0 Å². The number of aliphatic hydroxyl groups is 1. The summed E-state index contributed by atoms with van der Waals surface area (Å²) in [4.78, 5) is 4.25. The summed E-state index contributed by atoms with van der Waals surface area (Å²) in [7, 11) is 0. The Labute approximate surface area is 97.5 Å². The molecule has 2 aromatic rings. The Morgan fingerprint density at radius 2 is 1.93 bits per heavy atom. The maximum Gasteiger partial charge on any atom is 0.0910 e. The molecule has 0 aliphatic rings. The highest BCUT2D eigenvalue weighted by Gasteiger charge is 2.09. The molecule has 0 aliphatic heterocycles. The molecule has 2 nitrogen and oxygen atoms in total. The van der Waals surface area contributed by atoms with Crippen LogP contribution in [0.2, 0.25) is 10.0 Å². The molecule has 0 amide bonds. The van der Waals surface area contributed by atoms with Crippen LogP contribution in [0.3, 0.4) is 0 Å². The van der Waals surface area contributed by atoms with Crippen molar-refractivity contribution in [2.24, 2.45) is 0 Å². The topological polar surface area (TPSA) is 33.1 Å². The van der Waals surface area contributed by atoms with Gasteiger partial charge in [0.25, 0.3) is 0 Å². The van der Waals surface area contributed by atoms with E-state index < -0.39 is 0 Å². The van der Waals surface area contributed by atoms with Crippen molar-refractivity contribution in [2.45, 2.75) is 13.5 Å². The number of hydrogen-bond donors (Lipinski definition) is 1. The monoisotopic (exact) mass is 241 g/mol. The fraction of sp³-hybridized carbons (Fsp3) is 0.182. The van der Waals surface area contributed by atoms with Gasteiger partial charge in [0.15, 0.2) is 0 Å². The zero-order valence-electron chi connectivity index (χ0n) is 8.09. The van der Waals surface area contributed by atoms with Gasteiger partial charge in [-0.3, -0.25) is 0 Å². The largest absolute Gasteiger partial charge is 0.390 e. The van der Waals surface area contributed by atoms with Crippen LogP contribution in [0.15, 0.2) is 18.2 Å². The Bertz CT molecular complexity index is 525. The van der Waals surface area contributed by atoms with Crippen LogP contribution in [0, 0.1) is 6.92 Å². The number of fused-ring (bicyclic) bond motifs is 1. The molecule has 0 spiro atoms. The number of aromatic nitrogens is 1. The highest BCUT2D eigenvalue weighted by atomic mass is 35.5. The van der Waals surface area contributed by atoms with Crippen LogP contribution in [-0.4, -0.2) is 10.1 Å². The zero-order valence-corrected chi connectivity index (χ0v) is 9.60. The normalized spacial score (nSPS) is 10.9. The molecule has 1 aromatic heterocycles. The van der Waals surface area contributed by atoms with Crippen molar-refractivity contribution in [1.29, 1.82) is 0 Å². The molecule has 0 aliphatic carbocycles. The minimum absolute atomic E-state index is 0.0976. The molecule has 0 radical (unpaired) electrons. The molecule has 1 aromatic carbocycles. The highest BCUT2D eigenvalue weighted by Crippen LogP contribution is 2.31. The van der Waals surface area contributed by atoms with E-state index in [-0.39, 0.29) is 6.61 Å². The van der Waals surface area contributed by atoms with E-state index in [0.717, 1.165) is 10.9 Å². The third-order valence-corrected chi connectivity index (χ3v) is 2.89. The lowest BCUT2D eigenvalue weighted by Gasteiger charge is -2.07. The van der Waals surface area contributed by atoms with Gasteiger partial charge in [-0.15, -0.1) is 0 Å². The van der Waals surface area contributed by atoms with Crippen molar-refractivity contribution in [1.82, 2.24) is 4.98 Å². The van der Waals surface area contributed by atoms with E-state index in [4.69, 9.17) is 28.3 Å². The molecule has 1 heterocycles. The highest BCUT2D eigenvalue weighted by molar-refractivity contribution is 6.40. The average molecular weight is 242 g/mol. The first kappa shape index (κ1) is 10.7. The molecular weight excluding hydrogens is 233 g/mol. The second-order valence-electron chi connectivity index (χ2n) is 3.34. The van der Waals surface area contributed by atoms with E-state index in [1.54, 1.807) is 12.1 Å². The number of nitrogens with zero attached hydrogens (tertiary/aromatic N) is 1. The first-order valence-corrected chi connectivity index (χ1v) is 5.24. The average Bonchev–Trinajstić information content (AvgIpc) is 2.23. The fourth-order valence-electron chi connectivity index (χ4n) is 1.60. The third-order valence-electron chi connectivity index (χ3n) is 2.27. The molecule has 0 bridgehead atoms. The van der Waals surface area contributed by atoms with Crippen molar-refractivity contribution in [3.05, 3.63) is 39.5 Å². The van der Waals surface area contributed by atoms with Gasteiger partial charge in [-0.2, -0.15) is 0 Å². The van der Waals surface area contributed by atoms with E-state index in [2.05, 4.69) is 4.98 Å². The lowest BCUT2D eigenvalue weighted by Crippen LogP contribution is -1.93. The van der Waals surface area contributed by atoms with Crippen LogP contribution in [0.4, 0.5) is 0 Å². The summed E-state index contributed by atoms with van der Waals surface area (Å²) in [5.41, 5.74) is 2.22. The Morgan fingerprint density at radius 3 is 2.60 bits per heavy atom. The second kappa shape index (κ2) is 3.97. The van der Waals surface area contributed by atoms with Crippen molar-refractivity contribution in [3.8, 4) is 0 Å². The van der Waals surface area contributed by atoms with E-state index >= 15 is 0 Å². The number of aliphatic hydroxyl groups excluding tert-OH is 1. The SMILES string of the molecule is Cc1cc(CO)nc2c(Cl)ccc(Cl)c12. The summed E-state index contributed by atoms with van der Waals surface area (Å²) in [6, 6.07) is 5.27. The zero-order chi connectivity index (χ0) is 11.0. The first-order chi connectivity index (χ1) is 7.13. The number of pyridine rings is 1. The fourth-order valence-corrected chi connectivity index (χ4v) is 2.11. The molecule has 0 saturated carbocycles. The number of halogens is 2. The van der Waals surface area contributed by atoms with Crippen LogP contribution >= 0.6 is 23.2 Å². The number of benzene rings is 1. The molecule has 1 N–H and O–H groups in total. The van der Waals surface area contributed by atoms with Gasteiger partial charge in [0.1, 0.15) is 0 Å². The van der Waals surface area contributed by atoms with Gasteiger partial charge in [-0.25, -0.2) is 4.98 Å². The summed E-state index contributed by atoms with van der Waals surface area (Å²) in [5, 5.41) is 11.1. The van der Waals surface area contributed by atoms with Gasteiger partial charge < -0.3 is 5.11 Å². The van der Waals surface area contributed by atoms with Crippen LogP contribution in [0.1, 0.15) is 11.3 Å². The lowest BCUT2D eigenvalue weighted by atomic mass is 10.1. The molecule has 0 unspecified atom stereocenters. The lowest BCUT2D eigenvalue weighted by molar-refractivity contribution is 0.277. The predicted octanol–water partition coefficient (Wildman–Crippen LogP) is 3.34. The second-order valence-corrected chi connectivity index (χ2v) is 4.16. The maximum absolute atomic E-state index is 9.04. The Balaban J connectivity index is 2.90. The number of hydrogen-bond acceptors (Lipinski definition) is 2. The summed E-state index contributed by atoms with van der Waals surface area (Å²) >= 11 is 12.1. The smallest absolute Gasteiger partial charge is 0.0910 e. The van der Waals surface area contributed by atoms with Gasteiger partial charge in [0, 0.05) is 5.39 Å². The van der Waals surface area contributed by atoms with Crippen LogP contribution in [0.5, 0.6) is 0 Å². The molecule has 0 saturated heterocycles. The molecule has 78 valence electrons. The van der Waals surface area contributed by atoms with Gasteiger partial charge >= 0.3 is 0 Å². The Morgan fingerprint density at radius 1 is 1.27 bits per heavy atom. The van der Waals surface area contributed by atoms with Crippen molar-refractivity contribution < 1.29 is 5.11 Å². The Kier molecular flexibility index (Phi) is 2.83. The first-order valence-electron chi connectivity index (χ1n) is 4.48. The number of rotatable bonds is 1. The van der Waals surface area contributed by atoms with Crippen LogP contribution in [0.25, 0.3) is 10.9 Å².